The monoisotopic (exact) mass is 396 g/mol. The second-order valence-corrected chi connectivity index (χ2v) is 11.9. The average molecular weight is 397 g/mol. The van der Waals surface area contributed by atoms with E-state index in [9.17, 15) is 5.11 Å². The Morgan fingerprint density at radius 1 is 0.931 bits per heavy atom. The van der Waals surface area contributed by atoms with Crippen LogP contribution in [-0.2, 0) is 0 Å². The Labute approximate surface area is 179 Å². The molecule has 8 atom stereocenters. The van der Waals surface area contributed by atoms with E-state index in [1.54, 1.807) is 5.57 Å². The lowest BCUT2D eigenvalue weighted by Gasteiger charge is -2.55. The van der Waals surface area contributed by atoms with Crippen LogP contribution in [0.2, 0.25) is 0 Å². The van der Waals surface area contributed by atoms with Crippen molar-refractivity contribution in [1.29, 1.82) is 0 Å². The van der Waals surface area contributed by atoms with Crippen LogP contribution in [0, 0.1) is 46.3 Å². The van der Waals surface area contributed by atoms with E-state index in [4.69, 9.17) is 0 Å². The van der Waals surface area contributed by atoms with Crippen molar-refractivity contribution >= 4 is 0 Å². The number of fused-ring (bicyclic) bond motifs is 5. The van der Waals surface area contributed by atoms with Gasteiger partial charge >= 0.3 is 0 Å². The van der Waals surface area contributed by atoms with Gasteiger partial charge < -0.3 is 5.11 Å². The molecule has 3 saturated carbocycles. The van der Waals surface area contributed by atoms with Gasteiger partial charge in [0.25, 0.3) is 0 Å². The molecule has 3 unspecified atom stereocenters. The van der Waals surface area contributed by atoms with E-state index in [1.807, 2.05) is 0 Å². The third-order valence-electron chi connectivity index (χ3n) is 10.0. The third-order valence-corrected chi connectivity index (χ3v) is 10.0. The molecule has 0 aromatic rings. The number of aliphatic hydroxyl groups is 1. The summed E-state index contributed by atoms with van der Waals surface area (Å²) in [6.45, 7) is 14.6. The molecule has 4 rings (SSSR count). The van der Waals surface area contributed by atoms with E-state index in [1.165, 1.54) is 37.7 Å². The van der Waals surface area contributed by atoms with Crippen LogP contribution in [0.3, 0.4) is 0 Å². The van der Waals surface area contributed by atoms with Crippen molar-refractivity contribution in [2.45, 2.75) is 92.6 Å². The highest BCUT2D eigenvalue weighted by Gasteiger charge is 2.56. The van der Waals surface area contributed by atoms with Gasteiger partial charge in [-0.1, -0.05) is 77.0 Å². The molecule has 1 heteroatoms. The lowest BCUT2D eigenvalue weighted by molar-refractivity contribution is 0.0382. The van der Waals surface area contributed by atoms with Crippen LogP contribution in [0.1, 0.15) is 86.5 Å². The molecular weight excluding hydrogens is 352 g/mol. The van der Waals surface area contributed by atoms with Gasteiger partial charge in [-0.15, -0.1) is 0 Å². The molecule has 0 heterocycles. The molecule has 0 saturated heterocycles. The zero-order valence-electron chi connectivity index (χ0n) is 19.7. The van der Waals surface area contributed by atoms with E-state index in [0.717, 1.165) is 36.5 Å². The molecule has 0 amide bonds. The Kier molecular flexibility index (Phi) is 5.69. The first kappa shape index (κ1) is 21.4. The van der Waals surface area contributed by atoms with Crippen molar-refractivity contribution in [3.63, 3.8) is 0 Å². The maximum Gasteiger partial charge on any atom is 0.0578 e. The average Bonchev–Trinajstić information content (AvgIpc) is 3.03. The summed E-state index contributed by atoms with van der Waals surface area (Å²) in [5.74, 6) is 4.38. The van der Waals surface area contributed by atoms with E-state index >= 15 is 0 Å². The smallest absolute Gasteiger partial charge is 0.0578 e. The molecule has 0 bridgehead atoms. The first-order chi connectivity index (χ1) is 13.7. The molecule has 3 fully saturated rings. The van der Waals surface area contributed by atoms with E-state index < -0.39 is 0 Å². The number of aliphatic hydroxyl groups excluding tert-OH is 1. The van der Waals surface area contributed by atoms with Crippen LogP contribution in [0.4, 0.5) is 0 Å². The fourth-order valence-electron chi connectivity index (χ4n) is 7.59. The Balaban J connectivity index is 1.57. The number of allylic oxidation sites excluding steroid dienone is 5. The summed E-state index contributed by atoms with van der Waals surface area (Å²) in [4.78, 5) is 0. The topological polar surface area (TPSA) is 20.2 Å². The highest BCUT2D eigenvalue weighted by molar-refractivity contribution is 5.39. The zero-order valence-corrected chi connectivity index (χ0v) is 19.7. The normalized spacial score (nSPS) is 44.0. The molecule has 0 aromatic carbocycles. The van der Waals surface area contributed by atoms with Crippen LogP contribution in [0.15, 0.2) is 35.5 Å². The van der Waals surface area contributed by atoms with Crippen molar-refractivity contribution in [3.8, 4) is 0 Å². The Morgan fingerprint density at radius 2 is 1.69 bits per heavy atom. The third kappa shape index (κ3) is 3.50. The van der Waals surface area contributed by atoms with Gasteiger partial charge in [0, 0.05) is 0 Å². The van der Waals surface area contributed by atoms with Gasteiger partial charge in [-0.25, -0.2) is 0 Å². The summed E-state index contributed by atoms with van der Waals surface area (Å²) in [6, 6.07) is 0. The van der Waals surface area contributed by atoms with E-state index in [2.05, 4.69) is 65.8 Å². The molecule has 0 aromatic heterocycles. The summed E-state index contributed by atoms with van der Waals surface area (Å²) in [7, 11) is 0. The Bertz CT molecular complexity index is 712. The van der Waals surface area contributed by atoms with Gasteiger partial charge in [0.15, 0.2) is 0 Å². The second kappa shape index (κ2) is 7.70. The minimum Gasteiger partial charge on any atom is -0.393 e. The van der Waals surface area contributed by atoms with Crippen molar-refractivity contribution in [2.24, 2.45) is 46.3 Å². The summed E-state index contributed by atoms with van der Waals surface area (Å²) in [6.07, 6.45) is 18.4. The van der Waals surface area contributed by atoms with Crippen LogP contribution in [0.5, 0.6) is 0 Å². The van der Waals surface area contributed by atoms with Crippen molar-refractivity contribution in [2.75, 3.05) is 0 Å². The van der Waals surface area contributed by atoms with Gasteiger partial charge in [0.2, 0.25) is 0 Å². The number of rotatable bonds is 4. The van der Waals surface area contributed by atoms with Crippen molar-refractivity contribution < 1.29 is 5.11 Å². The molecule has 29 heavy (non-hydrogen) atoms. The fraction of sp³-hybridized carbons (Fsp3) is 0.786. The first-order valence-corrected chi connectivity index (χ1v) is 12.4. The van der Waals surface area contributed by atoms with Crippen LogP contribution < -0.4 is 0 Å². The lowest BCUT2D eigenvalue weighted by atomic mass is 9.50. The molecule has 0 aliphatic heterocycles. The lowest BCUT2D eigenvalue weighted by Crippen LogP contribution is -2.46. The van der Waals surface area contributed by atoms with Gasteiger partial charge in [0.1, 0.15) is 0 Å². The van der Waals surface area contributed by atoms with Crippen LogP contribution in [-0.4, -0.2) is 11.2 Å². The molecule has 4 aliphatic rings. The minimum absolute atomic E-state index is 0.116. The predicted octanol–water partition coefficient (Wildman–Crippen LogP) is 7.33. The SMILES string of the molecule is CC(C)C(C)/C=C/C(C)[C@@H]1CC[C@H]2C3=CC=C4CC(O)CC[C@]4(C)[C@@H]3CC[C@@]21C. The fourth-order valence-corrected chi connectivity index (χ4v) is 7.59. The summed E-state index contributed by atoms with van der Waals surface area (Å²) in [5, 5.41) is 10.2. The van der Waals surface area contributed by atoms with Gasteiger partial charge in [-0.05, 0) is 91.3 Å². The quantitative estimate of drug-likeness (QED) is 0.493. The second-order valence-electron chi connectivity index (χ2n) is 11.9. The first-order valence-electron chi connectivity index (χ1n) is 12.4. The molecule has 4 aliphatic carbocycles. The van der Waals surface area contributed by atoms with Crippen LogP contribution in [0.25, 0.3) is 0 Å². The maximum absolute atomic E-state index is 10.2. The molecule has 0 spiro atoms. The molecular formula is C28H44O. The highest BCUT2D eigenvalue weighted by Crippen LogP contribution is 2.65. The highest BCUT2D eigenvalue weighted by atomic mass is 16.3. The van der Waals surface area contributed by atoms with E-state index in [-0.39, 0.29) is 6.10 Å². The summed E-state index contributed by atoms with van der Waals surface area (Å²) in [5.41, 5.74) is 4.07. The van der Waals surface area contributed by atoms with Crippen molar-refractivity contribution in [3.05, 3.63) is 35.5 Å². The molecule has 162 valence electrons. The van der Waals surface area contributed by atoms with Gasteiger partial charge in [0.05, 0.1) is 6.10 Å². The molecule has 1 N–H and O–H groups in total. The minimum atomic E-state index is -0.116. The Morgan fingerprint density at radius 3 is 2.41 bits per heavy atom. The largest absolute Gasteiger partial charge is 0.393 e. The van der Waals surface area contributed by atoms with Gasteiger partial charge in [-0.2, -0.15) is 0 Å². The molecule has 0 radical (unpaired) electrons. The predicted molar refractivity (Wildman–Crippen MR) is 123 cm³/mol. The Hall–Kier alpha value is -0.820. The number of hydrogen-bond donors (Lipinski definition) is 1. The van der Waals surface area contributed by atoms with Gasteiger partial charge in [-0.3, -0.25) is 0 Å². The summed E-state index contributed by atoms with van der Waals surface area (Å²) >= 11 is 0. The van der Waals surface area contributed by atoms with E-state index in [0.29, 0.717) is 22.7 Å². The van der Waals surface area contributed by atoms with Crippen LogP contribution >= 0.6 is 0 Å². The van der Waals surface area contributed by atoms with Crippen molar-refractivity contribution in [1.82, 2.24) is 0 Å². The summed E-state index contributed by atoms with van der Waals surface area (Å²) < 4.78 is 0. The molecule has 1 nitrogen and oxygen atoms in total. The maximum atomic E-state index is 10.2. The number of hydrogen-bond acceptors (Lipinski definition) is 1. The standard InChI is InChI=1S/C28H44O/c1-18(2)19(3)7-8-20(4)24-11-12-25-23-10-9-21-17-22(29)13-15-27(21,5)26(23)14-16-28(24,25)6/h7-10,18-20,22,24-26,29H,11-17H2,1-6H3/b8-7+/t19?,20?,22?,24-,25-,26+,27-,28+/m0/s1. The zero-order chi connectivity index (χ0) is 21.0.